The molecule has 0 fully saturated rings. The molecular formula is C38H38O11. The average molecular weight is 671 g/mol. The smallest absolute Gasteiger partial charge is 0.347 e. The molecule has 0 amide bonds. The number of benzene rings is 3. The molecule has 256 valence electrons. The molecule has 4 rings (SSSR count). The molecule has 1 aliphatic rings. The molecule has 2 N–H and O–H groups in total. The molecule has 0 radical (unpaired) electrons. The summed E-state index contributed by atoms with van der Waals surface area (Å²) in [4.78, 5) is 63.5. The number of carboxylic acid groups (broad SMARTS) is 1. The van der Waals surface area contributed by atoms with Crippen molar-refractivity contribution in [3.8, 4) is 23.0 Å². The fourth-order valence-electron chi connectivity index (χ4n) is 5.85. The van der Waals surface area contributed by atoms with Crippen molar-refractivity contribution in [2.24, 2.45) is 5.92 Å². The predicted molar refractivity (Wildman–Crippen MR) is 179 cm³/mol. The number of phenols is 1. The van der Waals surface area contributed by atoms with E-state index < -0.39 is 35.5 Å². The lowest BCUT2D eigenvalue weighted by molar-refractivity contribution is -0.137. The van der Waals surface area contributed by atoms with E-state index in [1.807, 2.05) is 0 Å². The first kappa shape index (κ1) is 36.1. The maximum absolute atomic E-state index is 13.4. The Bertz CT molecular complexity index is 2000. The van der Waals surface area contributed by atoms with E-state index in [1.165, 1.54) is 31.4 Å². The van der Waals surface area contributed by atoms with E-state index in [0.29, 0.717) is 50.1 Å². The van der Waals surface area contributed by atoms with Gasteiger partial charge >= 0.3 is 23.9 Å². The molecular weight excluding hydrogens is 632 g/mol. The van der Waals surface area contributed by atoms with Crippen LogP contribution in [0.2, 0.25) is 0 Å². The number of phenolic OH excluding ortho intramolecular Hbond substituents is 1. The summed E-state index contributed by atoms with van der Waals surface area (Å²) in [5.74, 6) is -4.52. The third kappa shape index (κ3) is 6.83. The van der Waals surface area contributed by atoms with Gasteiger partial charge in [-0.3, -0.25) is 9.59 Å². The van der Waals surface area contributed by atoms with Gasteiger partial charge in [0.2, 0.25) is 0 Å². The summed E-state index contributed by atoms with van der Waals surface area (Å²) in [7, 11) is 1.34. The Balaban J connectivity index is 1.57. The molecule has 0 aliphatic heterocycles. The molecule has 11 nitrogen and oxygen atoms in total. The number of carbonyl (C=O) groups excluding carboxylic acids is 4. The average Bonchev–Trinajstić information content (AvgIpc) is 3.01. The summed E-state index contributed by atoms with van der Waals surface area (Å²) in [6.45, 7) is 14.8. The Morgan fingerprint density at radius 1 is 0.653 bits per heavy atom. The number of allylic oxidation sites excluding steroid dienone is 2. The van der Waals surface area contributed by atoms with E-state index in [2.05, 4.69) is 0 Å². The number of hydrogen-bond donors (Lipinski definition) is 2. The van der Waals surface area contributed by atoms with Crippen molar-refractivity contribution in [3.05, 3.63) is 103 Å². The van der Waals surface area contributed by atoms with Crippen molar-refractivity contribution in [2.45, 2.75) is 62.3 Å². The minimum atomic E-state index is -1.06. The molecule has 0 bridgehead atoms. The van der Waals surface area contributed by atoms with Crippen LogP contribution in [0.25, 0.3) is 0 Å². The standard InChI is InChI=1S/C38H38O11/c1-16-13-28(17(2)12-26(16)36(43)49-34-23(8)21(6)32(35(41)42)22(7)24(34)9)47-38(45)33-20(5)19(4)29(15-27(33)40)48-37(44)31-18(3)11-25(39)14-30(31)46-10/h11-15,31,40H,1-10H3,(H,41,42). The fraction of sp³-hybridized carbons (Fsp3) is 0.289. The summed E-state index contributed by atoms with van der Waals surface area (Å²) >= 11 is 0. The molecule has 3 aromatic carbocycles. The van der Waals surface area contributed by atoms with Gasteiger partial charge < -0.3 is 29.2 Å². The lowest BCUT2D eigenvalue weighted by atomic mass is 9.92. The summed E-state index contributed by atoms with van der Waals surface area (Å²) in [5.41, 5.74) is 4.33. The van der Waals surface area contributed by atoms with E-state index in [1.54, 1.807) is 62.3 Å². The molecule has 1 atom stereocenters. The highest BCUT2D eigenvalue weighted by molar-refractivity contribution is 6.03. The predicted octanol–water partition coefficient (Wildman–Crippen LogP) is 6.58. The molecule has 3 aromatic rings. The summed E-state index contributed by atoms with van der Waals surface area (Å²) in [6.07, 6.45) is 2.52. The first-order chi connectivity index (χ1) is 22.9. The molecule has 1 unspecified atom stereocenters. The Labute approximate surface area is 283 Å². The zero-order chi connectivity index (χ0) is 36.6. The van der Waals surface area contributed by atoms with Crippen molar-refractivity contribution < 1.29 is 53.1 Å². The van der Waals surface area contributed by atoms with E-state index in [4.69, 9.17) is 18.9 Å². The minimum Gasteiger partial charge on any atom is -0.507 e. The van der Waals surface area contributed by atoms with Gasteiger partial charge in [0.15, 0.2) is 5.78 Å². The molecule has 49 heavy (non-hydrogen) atoms. The van der Waals surface area contributed by atoms with Gasteiger partial charge in [-0.05, 0) is 131 Å². The summed E-state index contributed by atoms with van der Waals surface area (Å²) in [5, 5.41) is 20.5. The summed E-state index contributed by atoms with van der Waals surface area (Å²) in [6, 6.07) is 4.18. The number of methoxy groups -OCH3 is 1. The summed E-state index contributed by atoms with van der Waals surface area (Å²) < 4.78 is 22.3. The minimum absolute atomic E-state index is 0.0139. The van der Waals surface area contributed by atoms with E-state index >= 15 is 0 Å². The molecule has 1 aliphatic carbocycles. The van der Waals surface area contributed by atoms with Crippen LogP contribution in [-0.4, -0.2) is 47.0 Å². The first-order valence-corrected chi connectivity index (χ1v) is 15.3. The zero-order valence-electron chi connectivity index (χ0n) is 29.0. The quantitative estimate of drug-likeness (QED) is 0.197. The monoisotopic (exact) mass is 670 g/mol. The van der Waals surface area contributed by atoms with Crippen LogP contribution in [0.1, 0.15) is 82.5 Å². The SMILES string of the molecule is COC1=CC(=O)C=C(C)C1C(=O)Oc1cc(O)c(C(=O)Oc2cc(C)c(C(=O)Oc3c(C)c(C)c(C(=O)O)c(C)c3C)cc2C)c(C)c1C. The van der Waals surface area contributed by atoms with Crippen molar-refractivity contribution in [1.29, 1.82) is 0 Å². The van der Waals surface area contributed by atoms with E-state index in [9.17, 15) is 34.2 Å². The van der Waals surface area contributed by atoms with Gasteiger partial charge in [-0.1, -0.05) is 0 Å². The Kier molecular flexibility index (Phi) is 10.2. The number of esters is 3. The maximum Gasteiger partial charge on any atom is 0.347 e. The lowest BCUT2D eigenvalue weighted by Crippen LogP contribution is -2.27. The molecule has 0 saturated heterocycles. The Morgan fingerprint density at radius 3 is 1.82 bits per heavy atom. The Hall–Kier alpha value is -5.71. The number of carbonyl (C=O) groups is 5. The van der Waals surface area contributed by atoms with Crippen LogP contribution < -0.4 is 14.2 Å². The Morgan fingerprint density at radius 2 is 1.24 bits per heavy atom. The number of rotatable bonds is 8. The lowest BCUT2D eigenvalue weighted by Gasteiger charge is -2.22. The third-order valence-electron chi connectivity index (χ3n) is 9.02. The molecule has 0 heterocycles. The van der Waals surface area contributed by atoms with Crippen LogP contribution in [0.3, 0.4) is 0 Å². The van der Waals surface area contributed by atoms with Crippen LogP contribution in [0.5, 0.6) is 23.0 Å². The number of aromatic hydroxyl groups is 1. The van der Waals surface area contributed by atoms with Crippen LogP contribution >= 0.6 is 0 Å². The second kappa shape index (κ2) is 13.8. The topological polar surface area (TPSA) is 163 Å². The first-order valence-electron chi connectivity index (χ1n) is 15.3. The van der Waals surface area contributed by atoms with Crippen LogP contribution in [0.4, 0.5) is 0 Å². The van der Waals surface area contributed by atoms with Gasteiger partial charge in [0.05, 0.1) is 18.2 Å². The maximum atomic E-state index is 13.4. The van der Waals surface area contributed by atoms with Gasteiger partial charge in [0.25, 0.3) is 0 Å². The van der Waals surface area contributed by atoms with Crippen molar-refractivity contribution in [2.75, 3.05) is 7.11 Å². The highest BCUT2D eigenvalue weighted by Crippen LogP contribution is 2.37. The van der Waals surface area contributed by atoms with E-state index in [0.717, 1.165) is 6.07 Å². The second-order valence-electron chi connectivity index (χ2n) is 12.1. The number of hydrogen-bond acceptors (Lipinski definition) is 10. The molecule has 0 spiro atoms. The molecule has 0 aromatic heterocycles. The number of ketones is 1. The highest BCUT2D eigenvalue weighted by atomic mass is 16.5. The van der Waals surface area contributed by atoms with Gasteiger partial charge in [-0.2, -0.15) is 0 Å². The van der Waals surface area contributed by atoms with Gasteiger partial charge in [-0.25, -0.2) is 14.4 Å². The van der Waals surface area contributed by atoms with Gasteiger partial charge in [0.1, 0.15) is 40.2 Å². The van der Waals surface area contributed by atoms with Crippen LogP contribution in [-0.2, 0) is 14.3 Å². The van der Waals surface area contributed by atoms with Crippen molar-refractivity contribution >= 4 is 29.7 Å². The fourth-order valence-corrected chi connectivity index (χ4v) is 5.85. The van der Waals surface area contributed by atoms with Crippen molar-refractivity contribution in [3.63, 3.8) is 0 Å². The number of ether oxygens (including phenoxy) is 4. The highest BCUT2D eigenvalue weighted by Gasteiger charge is 2.33. The van der Waals surface area contributed by atoms with Gasteiger partial charge in [-0.15, -0.1) is 0 Å². The molecule has 11 heteroatoms. The van der Waals surface area contributed by atoms with Gasteiger partial charge in [0, 0.05) is 12.1 Å². The number of aryl methyl sites for hydroxylation is 2. The largest absolute Gasteiger partial charge is 0.507 e. The third-order valence-corrected chi connectivity index (χ3v) is 9.02. The number of aromatic carboxylic acids is 1. The number of carboxylic acids is 1. The second-order valence-corrected chi connectivity index (χ2v) is 12.1. The molecule has 0 saturated carbocycles. The van der Waals surface area contributed by atoms with Crippen LogP contribution in [0.15, 0.2) is 41.7 Å². The van der Waals surface area contributed by atoms with Crippen molar-refractivity contribution in [1.82, 2.24) is 0 Å². The normalized spacial score (nSPS) is 14.1. The zero-order valence-corrected chi connectivity index (χ0v) is 29.0. The van der Waals surface area contributed by atoms with E-state index in [-0.39, 0.29) is 45.5 Å². The van der Waals surface area contributed by atoms with Crippen LogP contribution in [0, 0.1) is 61.3 Å².